The van der Waals surface area contributed by atoms with Crippen LogP contribution in [-0.4, -0.2) is 43.5 Å². The molecule has 4 nitrogen and oxygen atoms in total. The van der Waals surface area contributed by atoms with Gasteiger partial charge in [-0.1, -0.05) is 12.1 Å². The standard InChI is InChI=1S/C15H23N3O/c1-12-5-3-6-13(11-12)18-10-4-9-17(2)14(7-8-16)15(18)19/h3,5-6,11,14H,4,7-10,16H2,1-2H3. The zero-order chi connectivity index (χ0) is 13.8. The molecule has 1 saturated heterocycles. The molecule has 19 heavy (non-hydrogen) atoms. The minimum absolute atomic E-state index is 0.0898. The fourth-order valence-corrected chi connectivity index (χ4v) is 2.67. The van der Waals surface area contributed by atoms with Gasteiger partial charge < -0.3 is 10.6 Å². The minimum Gasteiger partial charge on any atom is -0.330 e. The number of anilines is 1. The van der Waals surface area contributed by atoms with E-state index in [-0.39, 0.29) is 11.9 Å². The monoisotopic (exact) mass is 261 g/mol. The van der Waals surface area contributed by atoms with Crippen molar-refractivity contribution in [2.45, 2.75) is 25.8 Å². The fraction of sp³-hybridized carbons (Fsp3) is 0.533. The van der Waals surface area contributed by atoms with Crippen molar-refractivity contribution in [2.75, 3.05) is 31.6 Å². The molecule has 2 rings (SSSR count). The predicted octanol–water partition coefficient (Wildman–Crippen LogP) is 1.38. The fourth-order valence-electron chi connectivity index (χ4n) is 2.67. The summed E-state index contributed by atoms with van der Waals surface area (Å²) < 4.78 is 0. The van der Waals surface area contributed by atoms with Crippen molar-refractivity contribution in [1.82, 2.24) is 4.90 Å². The van der Waals surface area contributed by atoms with Gasteiger partial charge in [-0.15, -0.1) is 0 Å². The molecule has 0 spiro atoms. The maximum absolute atomic E-state index is 12.7. The second-order valence-electron chi connectivity index (χ2n) is 5.26. The van der Waals surface area contributed by atoms with Gasteiger partial charge in [-0.05, 0) is 51.1 Å². The molecule has 1 aromatic carbocycles. The Labute approximate surface area is 115 Å². The molecular weight excluding hydrogens is 238 g/mol. The maximum Gasteiger partial charge on any atom is 0.244 e. The Hall–Kier alpha value is -1.39. The Kier molecular flexibility index (Phi) is 4.56. The first-order valence-corrected chi connectivity index (χ1v) is 6.92. The van der Waals surface area contributed by atoms with E-state index in [9.17, 15) is 4.79 Å². The van der Waals surface area contributed by atoms with Crippen molar-refractivity contribution >= 4 is 11.6 Å². The number of hydrogen-bond acceptors (Lipinski definition) is 3. The van der Waals surface area contributed by atoms with Crippen LogP contribution in [0.4, 0.5) is 5.69 Å². The van der Waals surface area contributed by atoms with Gasteiger partial charge in [-0.2, -0.15) is 0 Å². The van der Waals surface area contributed by atoms with Gasteiger partial charge in [0.05, 0.1) is 6.04 Å². The number of likely N-dealkylation sites (N-methyl/N-ethyl adjacent to an activating group) is 1. The summed E-state index contributed by atoms with van der Waals surface area (Å²) in [5, 5.41) is 0. The topological polar surface area (TPSA) is 49.6 Å². The van der Waals surface area contributed by atoms with Crippen LogP contribution in [0, 0.1) is 6.92 Å². The van der Waals surface area contributed by atoms with Gasteiger partial charge in [0, 0.05) is 18.8 Å². The molecule has 1 unspecified atom stereocenters. The van der Waals surface area contributed by atoms with E-state index in [0.717, 1.165) is 31.6 Å². The highest BCUT2D eigenvalue weighted by Crippen LogP contribution is 2.21. The summed E-state index contributed by atoms with van der Waals surface area (Å²) >= 11 is 0. The van der Waals surface area contributed by atoms with Gasteiger partial charge in [0.2, 0.25) is 5.91 Å². The highest BCUT2D eigenvalue weighted by Gasteiger charge is 2.30. The molecule has 1 atom stereocenters. The average Bonchev–Trinajstić information content (AvgIpc) is 2.52. The van der Waals surface area contributed by atoms with Crippen molar-refractivity contribution in [3.05, 3.63) is 29.8 Å². The van der Waals surface area contributed by atoms with E-state index in [1.54, 1.807) is 0 Å². The number of aryl methyl sites for hydroxylation is 1. The lowest BCUT2D eigenvalue weighted by Crippen LogP contribution is -2.45. The Morgan fingerprint density at radius 2 is 2.16 bits per heavy atom. The van der Waals surface area contributed by atoms with E-state index < -0.39 is 0 Å². The van der Waals surface area contributed by atoms with Crippen LogP contribution in [-0.2, 0) is 4.79 Å². The first-order chi connectivity index (χ1) is 9.13. The zero-order valence-electron chi connectivity index (χ0n) is 11.8. The normalized spacial score (nSPS) is 21.5. The van der Waals surface area contributed by atoms with Crippen LogP contribution in [0.3, 0.4) is 0 Å². The lowest BCUT2D eigenvalue weighted by Gasteiger charge is -2.28. The lowest BCUT2D eigenvalue weighted by molar-refractivity contribution is -0.122. The second-order valence-corrected chi connectivity index (χ2v) is 5.26. The first-order valence-electron chi connectivity index (χ1n) is 6.92. The van der Waals surface area contributed by atoms with Crippen molar-refractivity contribution < 1.29 is 4.79 Å². The number of benzene rings is 1. The van der Waals surface area contributed by atoms with E-state index in [1.165, 1.54) is 5.56 Å². The molecule has 4 heteroatoms. The average molecular weight is 261 g/mol. The van der Waals surface area contributed by atoms with Gasteiger partial charge >= 0.3 is 0 Å². The molecule has 0 aliphatic carbocycles. The molecule has 1 aliphatic heterocycles. The molecular formula is C15H23N3O. The summed E-state index contributed by atoms with van der Waals surface area (Å²) in [6.45, 7) is 4.32. The number of rotatable bonds is 3. The summed E-state index contributed by atoms with van der Waals surface area (Å²) in [6, 6.07) is 8.05. The highest BCUT2D eigenvalue weighted by molar-refractivity contribution is 5.97. The Balaban J connectivity index is 2.26. The van der Waals surface area contributed by atoms with Crippen LogP contribution in [0.15, 0.2) is 24.3 Å². The van der Waals surface area contributed by atoms with Gasteiger partial charge in [0.1, 0.15) is 0 Å². The zero-order valence-corrected chi connectivity index (χ0v) is 11.8. The molecule has 1 amide bonds. The van der Waals surface area contributed by atoms with Crippen LogP contribution < -0.4 is 10.6 Å². The molecule has 1 heterocycles. The summed E-state index contributed by atoms with van der Waals surface area (Å²) in [7, 11) is 2.01. The molecule has 0 bridgehead atoms. The SMILES string of the molecule is Cc1cccc(N2CCCN(C)C(CCN)C2=O)c1. The van der Waals surface area contributed by atoms with E-state index in [0.29, 0.717) is 6.54 Å². The largest absolute Gasteiger partial charge is 0.330 e. The van der Waals surface area contributed by atoms with E-state index in [2.05, 4.69) is 24.0 Å². The van der Waals surface area contributed by atoms with Crippen LogP contribution in [0.25, 0.3) is 0 Å². The smallest absolute Gasteiger partial charge is 0.244 e. The first kappa shape index (κ1) is 14.0. The molecule has 104 valence electrons. The van der Waals surface area contributed by atoms with Crippen LogP contribution >= 0.6 is 0 Å². The van der Waals surface area contributed by atoms with Gasteiger partial charge in [0.15, 0.2) is 0 Å². The van der Waals surface area contributed by atoms with Crippen LogP contribution in [0.2, 0.25) is 0 Å². The molecule has 2 N–H and O–H groups in total. The van der Waals surface area contributed by atoms with E-state index >= 15 is 0 Å². The maximum atomic E-state index is 12.7. The lowest BCUT2D eigenvalue weighted by atomic mass is 10.1. The Morgan fingerprint density at radius 1 is 1.37 bits per heavy atom. The minimum atomic E-state index is -0.0898. The van der Waals surface area contributed by atoms with E-state index in [4.69, 9.17) is 5.73 Å². The van der Waals surface area contributed by atoms with E-state index in [1.807, 2.05) is 24.1 Å². The van der Waals surface area contributed by atoms with Crippen molar-refractivity contribution in [2.24, 2.45) is 5.73 Å². The van der Waals surface area contributed by atoms with Gasteiger partial charge in [-0.3, -0.25) is 9.69 Å². The second kappa shape index (κ2) is 6.17. The molecule has 1 aromatic rings. The van der Waals surface area contributed by atoms with Crippen molar-refractivity contribution in [3.8, 4) is 0 Å². The third kappa shape index (κ3) is 3.14. The number of carbonyl (C=O) groups is 1. The summed E-state index contributed by atoms with van der Waals surface area (Å²) in [5.74, 6) is 0.177. The van der Waals surface area contributed by atoms with Crippen molar-refractivity contribution in [3.63, 3.8) is 0 Å². The molecule has 1 aliphatic rings. The van der Waals surface area contributed by atoms with Crippen LogP contribution in [0.1, 0.15) is 18.4 Å². The quantitative estimate of drug-likeness (QED) is 0.894. The summed E-state index contributed by atoms with van der Waals surface area (Å²) in [5.41, 5.74) is 7.83. The van der Waals surface area contributed by atoms with Gasteiger partial charge in [-0.25, -0.2) is 0 Å². The number of nitrogens with two attached hydrogens (primary N) is 1. The predicted molar refractivity (Wildman–Crippen MR) is 78.2 cm³/mol. The third-order valence-corrected chi connectivity index (χ3v) is 3.73. The molecule has 0 aromatic heterocycles. The third-order valence-electron chi connectivity index (χ3n) is 3.73. The van der Waals surface area contributed by atoms with Gasteiger partial charge in [0.25, 0.3) is 0 Å². The molecule has 0 radical (unpaired) electrons. The number of amides is 1. The number of nitrogens with zero attached hydrogens (tertiary/aromatic N) is 2. The van der Waals surface area contributed by atoms with Crippen LogP contribution in [0.5, 0.6) is 0 Å². The highest BCUT2D eigenvalue weighted by atomic mass is 16.2. The Morgan fingerprint density at radius 3 is 2.84 bits per heavy atom. The number of hydrogen-bond donors (Lipinski definition) is 1. The molecule has 0 saturated carbocycles. The van der Waals surface area contributed by atoms with Crippen molar-refractivity contribution in [1.29, 1.82) is 0 Å². The Bertz CT molecular complexity index is 447. The summed E-state index contributed by atoms with van der Waals surface area (Å²) in [4.78, 5) is 16.7. The molecule has 1 fully saturated rings. The number of carbonyl (C=O) groups excluding carboxylic acids is 1. The summed E-state index contributed by atoms with van der Waals surface area (Å²) in [6.07, 6.45) is 1.72.